The minimum absolute atomic E-state index is 0.193. The zero-order chi connectivity index (χ0) is 23.5. The van der Waals surface area contributed by atoms with Crippen molar-refractivity contribution in [2.45, 2.75) is 25.5 Å². The number of amides is 1. The van der Waals surface area contributed by atoms with E-state index in [0.29, 0.717) is 0 Å². The van der Waals surface area contributed by atoms with Crippen LogP contribution in [0.4, 0.5) is 10.5 Å². The van der Waals surface area contributed by atoms with E-state index in [1.165, 1.54) is 0 Å². The molecule has 1 aliphatic heterocycles. The van der Waals surface area contributed by atoms with E-state index in [1.54, 1.807) is 0 Å². The van der Waals surface area contributed by atoms with Crippen LogP contribution in [-0.2, 0) is 6.54 Å². The average molecular weight is 522 g/mol. The van der Waals surface area contributed by atoms with Crippen molar-refractivity contribution in [3.05, 3.63) is 70.8 Å². The molecular formula is C25H24BrN5O3. The predicted molar refractivity (Wildman–Crippen MR) is 134 cm³/mol. The van der Waals surface area contributed by atoms with Crippen molar-refractivity contribution in [2.75, 3.05) is 18.0 Å². The second kappa shape index (κ2) is 9.72. The fraction of sp³-hybridized carbons (Fsp3) is 0.240. The largest absolute Gasteiger partial charge is 0.490 e. The smallest absolute Gasteiger partial charge is 0.404 e. The molecule has 1 saturated heterocycles. The van der Waals surface area contributed by atoms with Crippen LogP contribution in [-0.4, -0.2) is 45.3 Å². The summed E-state index contributed by atoms with van der Waals surface area (Å²) in [6.45, 7) is 1.99. The number of piperidine rings is 1. The van der Waals surface area contributed by atoms with E-state index < -0.39 is 6.09 Å². The van der Waals surface area contributed by atoms with Crippen molar-refractivity contribution < 1.29 is 14.6 Å². The third-order valence-corrected chi connectivity index (χ3v) is 6.50. The Kier molecular flexibility index (Phi) is 6.35. The van der Waals surface area contributed by atoms with Crippen molar-refractivity contribution in [3.8, 4) is 17.1 Å². The topological polar surface area (TPSA) is 103 Å². The zero-order valence-corrected chi connectivity index (χ0v) is 20.0. The van der Waals surface area contributed by atoms with E-state index in [9.17, 15) is 4.79 Å². The van der Waals surface area contributed by atoms with Crippen LogP contribution < -0.4 is 15.0 Å². The molecule has 0 unspecified atom stereocenters. The molecule has 0 atom stereocenters. The van der Waals surface area contributed by atoms with Gasteiger partial charge in [-0.15, -0.1) is 0 Å². The van der Waals surface area contributed by atoms with Crippen molar-refractivity contribution in [1.82, 2.24) is 20.3 Å². The van der Waals surface area contributed by atoms with Crippen LogP contribution in [0.1, 0.15) is 18.4 Å². The third kappa shape index (κ3) is 4.84. The molecule has 1 fully saturated rings. The van der Waals surface area contributed by atoms with Gasteiger partial charge in [0.1, 0.15) is 23.2 Å². The number of benzene rings is 2. The Bertz CT molecular complexity index is 1290. The summed E-state index contributed by atoms with van der Waals surface area (Å²) in [6, 6.07) is 17.6. The van der Waals surface area contributed by atoms with Gasteiger partial charge in [0.05, 0.1) is 10.2 Å². The highest BCUT2D eigenvalue weighted by Gasteiger charge is 2.25. The highest BCUT2D eigenvalue weighted by Crippen LogP contribution is 2.35. The number of para-hydroxylation sites is 1. The number of ether oxygens (including phenoxy) is 1. The molecule has 4 aromatic rings. The van der Waals surface area contributed by atoms with Crippen LogP contribution in [0.25, 0.3) is 22.6 Å². The van der Waals surface area contributed by atoms with E-state index in [0.717, 1.165) is 70.0 Å². The van der Waals surface area contributed by atoms with Crippen molar-refractivity contribution in [3.63, 3.8) is 0 Å². The first-order chi connectivity index (χ1) is 16.6. The number of nitrogens with one attached hydrogen (secondary N) is 2. The zero-order valence-electron chi connectivity index (χ0n) is 18.4. The van der Waals surface area contributed by atoms with Crippen molar-refractivity contribution in [2.24, 2.45) is 0 Å². The van der Waals surface area contributed by atoms with Gasteiger partial charge in [-0.1, -0.05) is 42.5 Å². The molecule has 5 rings (SSSR count). The van der Waals surface area contributed by atoms with Crippen LogP contribution in [0.2, 0.25) is 0 Å². The summed E-state index contributed by atoms with van der Waals surface area (Å²) >= 11 is 3.68. The lowest BCUT2D eigenvalue weighted by atomic mass is 10.1. The summed E-state index contributed by atoms with van der Waals surface area (Å²) < 4.78 is 7.06. The summed E-state index contributed by atoms with van der Waals surface area (Å²) in [4.78, 5) is 25.8. The van der Waals surface area contributed by atoms with E-state index in [1.807, 2.05) is 60.8 Å². The van der Waals surface area contributed by atoms with Crippen LogP contribution in [0, 0.1) is 0 Å². The summed E-state index contributed by atoms with van der Waals surface area (Å²) in [5, 5.41) is 11.1. The molecule has 3 heterocycles. The molecule has 9 heteroatoms. The molecule has 0 spiro atoms. The van der Waals surface area contributed by atoms with Crippen molar-refractivity contribution in [1.29, 1.82) is 0 Å². The average Bonchev–Trinajstić information content (AvgIpc) is 3.29. The monoisotopic (exact) mass is 521 g/mol. The maximum atomic E-state index is 10.7. The normalized spacial score (nSPS) is 14.3. The number of H-pyrrole nitrogens is 1. The van der Waals surface area contributed by atoms with Gasteiger partial charge in [0, 0.05) is 44.2 Å². The molecule has 1 aliphatic rings. The molecule has 8 nitrogen and oxygen atoms in total. The molecule has 174 valence electrons. The molecule has 3 N–H and O–H groups in total. The number of aromatic nitrogens is 3. The number of hydrogen-bond acceptors (Lipinski definition) is 5. The lowest BCUT2D eigenvalue weighted by molar-refractivity contribution is 0.171. The van der Waals surface area contributed by atoms with E-state index >= 15 is 0 Å². The minimum atomic E-state index is -1.04. The van der Waals surface area contributed by atoms with Crippen LogP contribution in [0.3, 0.4) is 0 Å². The Labute approximate surface area is 205 Å². The number of rotatable bonds is 6. The first-order valence-corrected chi connectivity index (χ1v) is 11.9. The third-order valence-electron chi connectivity index (χ3n) is 5.92. The van der Waals surface area contributed by atoms with E-state index in [4.69, 9.17) is 14.8 Å². The molecular weight excluding hydrogens is 498 g/mol. The number of nitrogens with zero attached hydrogens (tertiary/aromatic N) is 3. The van der Waals surface area contributed by atoms with Crippen LogP contribution in [0.15, 0.2) is 65.3 Å². The molecule has 34 heavy (non-hydrogen) atoms. The number of pyridine rings is 1. The lowest BCUT2D eigenvalue weighted by Crippen LogP contribution is -2.38. The Morgan fingerprint density at radius 2 is 1.88 bits per heavy atom. The van der Waals surface area contributed by atoms with Crippen LogP contribution >= 0.6 is 15.9 Å². The van der Waals surface area contributed by atoms with Gasteiger partial charge in [-0.05, 0) is 33.6 Å². The fourth-order valence-electron chi connectivity index (χ4n) is 4.20. The first kappa shape index (κ1) is 22.2. The number of hydrogen-bond donors (Lipinski definition) is 3. The minimum Gasteiger partial charge on any atom is -0.490 e. The maximum absolute atomic E-state index is 10.7. The number of halogens is 1. The first-order valence-electron chi connectivity index (χ1n) is 11.1. The molecule has 0 saturated carbocycles. The van der Waals surface area contributed by atoms with Gasteiger partial charge in [0.15, 0.2) is 5.65 Å². The molecule has 0 bridgehead atoms. The van der Waals surface area contributed by atoms with E-state index in [-0.39, 0.29) is 12.6 Å². The standard InChI is InChI=1S/C25H24BrN5O3/c26-20-15-27-24-21(29-23(30-24)17-8-6-16(7-9-17)14-28-25(32)33)22(20)31-12-10-19(11-13-31)34-18-4-2-1-3-5-18/h1-9,15,19,28H,10-14H2,(H,32,33)(H,27,29,30). The van der Waals surface area contributed by atoms with Gasteiger partial charge in [-0.3, -0.25) is 0 Å². The van der Waals surface area contributed by atoms with Crippen LogP contribution in [0.5, 0.6) is 5.75 Å². The number of aromatic amines is 1. The molecule has 1 amide bonds. The summed E-state index contributed by atoms with van der Waals surface area (Å²) in [6.07, 6.45) is 2.81. The highest BCUT2D eigenvalue weighted by atomic mass is 79.9. The Balaban J connectivity index is 1.34. The number of carboxylic acid groups (broad SMARTS) is 1. The van der Waals surface area contributed by atoms with Gasteiger partial charge in [0.25, 0.3) is 0 Å². The SMILES string of the molecule is O=C(O)NCc1ccc(-c2nc3c(N4CCC(Oc5ccccc5)CC4)c(Br)cnc3[nH]2)cc1. The second-order valence-corrected chi connectivity index (χ2v) is 9.06. The number of carbonyl (C=O) groups is 1. The number of fused-ring (bicyclic) bond motifs is 1. The highest BCUT2D eigenvalue weighted by molar-refractivity contribution is 9.10. The van der Waals surface area contributed by atoms with Gasteiger partial charge in [-0.2, -0.15) is 0 Å². The number of anilines is 1. The summed E-state index contributed by atoms with van der Waals surface area (Å²) in [7, 11) is 0. The van der Waals surface area contributed by atoms with E-state index in [2.05, 4.69) is 36.1 Å². The van der Waals surface area contributed by atoms with Gasteiger partial charge in [0.2, 0.25) is 0 Å². The quantitative estimate of drug-likeness (QED) is 0.322. The Morgan fingerprint density at radius 3 is 2.59 bits per heavy atom. The van der Waals surface area contributed by atoms with Crippen molar-refractivity contribution >= 4 is 38.9 Å². The Hall–Kier alpha value is -3.59. The summed E-state index contributed by atoms with van der Waals surface area (Å²) in [5.41, 5.74) is 4.38. The van der Waals surface area contributed by atoms with Gasteiger partial charge >= 0.3 is 6.09 Å². The predicted octanol–water partition coefficient (Wildman–Crippen LogP) is 5.20. The van der Waals surface area contributed by atoms with Gasteiger partial charge in [-0.25, -0.2) is 14.8 Å². The molecule has 2 aromatic carbocycles. The fourth-order valence-corrected chi connectivity index (χ4v) is 4.74. The maximum Gasteiger partial charge on any atom is 0.404 e. The lowest BCUT2D eigenvalue weighted by Gasteiger charge is -2.34. The molecule has 2 aromatic heterocycles. The Morgan fingerprint density at radius 1 is 1.15 bits per heavy atom. The van der Waals surface area contributed by atoms with Gasteiger partial charge < -0.3 is 25.0 Å². The molecule has 0 radical (unpaired) electrons. The number of imidazole rings is 1. The molecule has 0 aliphatic carbocycles. The second-order valence-electron chi connectivity index (χ2n) is 8.21. The summed E-state index contributed by atoms with van der Waals surface area (Å²) in [5.74, 6) is 1.64.